The molecule has 0 aliphatic rings. The Morgan fingerprint density at radius 2 is 2.00 bits per heavy atom. The van der Waals surface area contributed by atoms with Crippen LogP contribution in [0.2, 0.25) is 0 Å². The van der Waals surface area contributed by atoms with Gasteiger partial charge in [-0.05, 0) is 18.4 Å². The van der Waals surface area contributed by atoms with Gasteiger partial charge in [-0.3, -0.25) is 14.9 Å². The van der Waals surface area contributed by atoms with E-state index in [-0.39, 0.29) is 11.5 Å². The zero-order chi connectivity index (χ0) is 10.6. The lowest BCUT2D eigenvalue weighted by molar-refractivity contribution is -0.384. The number of nitro groups is 1. The highest BCUT2D eigenvalue weighted by molar-refractivity contribution is 7.99. The lowest BCUT2D eigenvalue weighted by atomic mass is 10.1. The minimum Gasteiger partial charge on any atom is -0.293 e. The van der Waals surface area contributed by atoms with Crippen molar-refractivity contribution < 1.29 is 9.72 Å². The van der Waals surface area contributed by atoms with E-state index in [0.717, 1.165) is 0 Å². The van der Waals surface area contributed by atoms with Crippen LogP contribution in [-0.4, -0.2) is 22.7 Å². The summed E-state index contributed by atoms with van der Waals surface area (Å²) in [6.07, 6.45) is 1.84. The number of Topliss-reactive ketones (excluding diaryl/α,β-unsaturated/α-hetero) is 1. The van der Waals surface area contributed by atoms with Gasteiger partial charge in [0.25, 0.3) is 5.69 Å². The van der Waals surface area contributed by atoms with E-state index in [1.807, 2.05) is 6.26 Å². The monoisotopic (exact) mass is 211 g/mol. The van der Waals surface area contributed by atoms with Crippen molar-refractivity contribution in [1.29, 1.82) is 0 Å². The molecule has 1 aromatic rings. The summed E-state index contributed by atoms with van der Waals surface area (Å²) >= 11 is 1.43. The zero-order valence-corrected chi connectivity index (χ0v) is 8.41. The van der Waals surface area contributed by atoms with Crippen LogP contribution in [0.15, 0.2) is 24.3 Å². The number of benzene rings is 1. The number of hydrogen-bond donors (Lipinski definition) is 0. The lowest BCUT2D eigenvalue weighted by Crippen LogP contribution is -2.01. The van der Waals surface area contributed by atoms with E-state index in [1.165, 1.54) is 36.0 Å². The quantitative estimate of drug-likeness (QED) is 0.435. The molecule has 0 fully saturated rings. The molecule has 0 bridgehead atoms. The second-order valence-electron chi connectivity index (χ2n) is 2.66. The predicted octanol–water partition coefficient (Wildman–Crippen LogP) is 2.14. The van der Waals surface area contributed by atoms with Crippen LogP contribution in [-0.2, 0) is 0 Å². The molecule has 0 N–H and O–H groups in total. The number of thioether (sulfide) groups is 1. The Labute approximate surface area is 85.5 Å². The Hall–Kier alpha value is -1.36. The third kappa shape index (κ3) is 2.56. The average Bonchev–Trinajstić information content (AvgIpc) is 2.18. The highest BCUT2D eigenvalue weighted by atomic mass is 32.2. The van der Waals surface area contributed by atoms with Crippen molar-refractivity contribution in [3.8, 4) is 0 Å². The van der Waals surface area contributed by atoms with Crippen LogP contribution in [0.1, 0.15) is 10.4 Å². The SMILES string of the molecule is CSCC(=O)c1ccc([N+](=O)[O-])cc1. The molecule has 0 heterocycles. The lowest BCUT2D eigenvalue weighted by Gasteiger charge is -1.97. The molecule has 0 unspecified atom stereocenters. The molecule has 0 aliphatic heterocycles. The summed E-state index contributed by atoms with van der Waals surface area (Å²) in [4.78, 5) is 21.2. The fraction of sp³-hybridized carbons (Fsp3) is 0.222. The molecule has 5 heteroatoms. The summed E-state index contributed by atoms with van der Waals surface area (Å²) in [6.45, 7) is 0. The van der Waals surface area contributed by atoms with Gasteiger partial charge in [-0.2, -0.15) is 11.8 Å². The minimum atomic E-state index is -0.483. The van der Waals surface area contributed by atoms with Crippen molar-refractivity contribution in [2.24, 2.45) is 0 Å². The number of hydrogen-bond acceptors (Lipinski definition) is 4. The summed E-state index contributed by atoms with van der Waals surface area (Å²) in [6, 6.07) is 5.65. The van der Waals surface area contributed by atoms with Crippen LogP contribution in [0, 0.1) is 10.1 Å². The van der Waals surface area contributed by atoms with Crippen molar-refractivity contribution in [3.05, 3.63) is 39.9 Å². The smallest absolute Gasteiger partial charge is 0.269 e. The molecule has 1 aromatic carbocycles. The molecule has 0 aliphatic carbocycles. The Morgan fingerprint density at radius 1 is 1.43 bits per heavy atom. The Bertz CT molecular complexity index is 348. The normalized spacial score (nSPS) is 9.79. The summed E-state index contributed by atoms with van der Waals surface area (Å²) in [5.41, 5.74) is 0.524. The topological polar surface area (TPSA) is 60.2 Å². The third-order valence-corrected chi connectivity index (χ3v) is 2.23. The van der Waals surface area contributed by atoms with Gasteiger partial charge in [-0.25, -0.2) is 0 Å². The average molecular weight is 211 g/mol. The van der Waals surface area contributed by atoms with Gasteiger partial charge in [-0.1, -0.05) is 0 Å². The molecule has 0 spiro atoms. The van der Waals surface area contributed by atoms with E-state index in [1.54, 1.807) is 0 Å². The van der Waals surface area contributed by atoms with Crippen molar-refractivity contribution >= 4 is 23.2 Å². The maximum absolute atomic E-state index is 11.3. The number of non-ortho nitro benzene ring substituents is 1. The highest BCUT2D eigenvalue weighted by Gasteiger charge is 2.08. The van der Waals surface area contributed by atoms with Crippen LogP contribution < -0.4 is 0 Å². The predicted molar refractivity (Wildman–Crippen MR) is 55.8 cm³/mol. The summed E-state index contributed by atoms with van der Waals surface area (Å²) in [7, 11) is 0. The fourth-order valence-electron chi connectivity index (χ4n) is 0.983. The first kappa shape index (κ1) is 10.7. The molecule has 4 nitrogen and oxygen atoms in total. The maximum Gasteiger partial charge on any atom is 0.269 e. The van der Waals surface area contributed by atoms with E-state index in [4.69, 9.17) is 0 Å². The van der Waals surface area contributed by atoms with Crippen LogP contribution in [0.4, 0.5) is 5.69 Å². The first-order valence-corrected chi connectivity index (χ1v) is 5.31. The van der Waals surface area contributed by atoms with Crippen molar-refractivity contribution in [3.63, 3.8) is 0 Å². The van der Waals surface area contributed by atoms with Gasteiger partial charge >= 0.3 is 0 Å². The second-order valence-corrected chi connectivity index (χ2v) is 3.53. The number of ketones is 1. The largest absolute Gasteiger partial charge is 0.293 e. The molecule has 74 valence electrons. The number of rotatable bonds is 4. The number of carbonyl (C=O) groups is 1. The molecule has 0 aromatic heterocycles. The molecule has 0 saturated carbocycles. The third-order valence-electron chi connectivity index (χ3n) is 1.68. The first-order chi connectivity index (χ1) is 6.65. The Balaban J connectivity index is 2.83. The van der Waals surface area contributed by atoms with Gasteiger partial charge in [0.1, 0.15) is 0 Å². The van der Waals surface area contributed by atoms with E-state index in [2.05, 4.69) is 0 Å². The van der Waals surface area contributed by atoms with E-state index < -0.39 is 4.92 Å². The van der Waals surface area contributed by atoms with Gasteiger partial charge in [0.2, 0.25) is 0 Å². The molecule has 0 amide bonds. The van der Waals surface area contributed by atoms with Gasteiger partial charge in [0.05, 0.1) is 10.7 Å². The highest BCUT2D eigenvalue weighted by Crippen LogP contribution is 2.13. The Morgan fingerprint density at radius 3 is 2.43 bits per heavy atom. The van der Waals surface area contributed by atoms with Crippen LogP contribution in [0.3, 0.4) is 0 Å². The van der Waals surface area contributed by atoms with Gasteiger partial charge < -0.3 is 0 Å². The zero-order valence-electron chi connectivity index (χ0n) is 7.60. The molecular weight excluding hydrogens is 202 g/mol. The van der Waals surface area contributed by atoms with E-state index in [9.17, 15) is 14.9 Å². The number of nitrogens with zero attached hydrogens (tertiary/aromatic N) is 1. The molecule has 14 heavy (non-hydrogen) atoms. The van der Waals surface area contributed by atoms with Crippen LogP contribution in [0.25, 0.3) is 0 Å². The maximum atomic E-state index is 11.3. The summed E-state index contributed by atoms with van der Waals surface area (Å²) < 4.78 is 0. The van der Waals surface area contributed by atoms with Crippen LogP contribution in [0.5, 0.6) is 0 Å². The first-order valence-electron chi connectivity index (χ1n) is 3.91. The van der Waals surface area contributed by atoms with Crippen molar-refractivity contribution in [2.75, 3.05) is 12.0 Å². The summed E-state index contributed by atoms with van der Waals surface area (Å²) in [5.74, 6) is 0.394. The fourth-order valence-corrected chi connectivity index (χ4v) is 1.41. The minimum absolute atomic E-state index is 0.00528. The number of carbonyl (C=O) groups excluding carboxylic acids is 1. The number of nitro benzene ring substituents is 1. The van der Waals surface area contributed by atoms with E-state index in [0.29, 0.717) is 11.3 Å². The van der Waals surface area contributed by atoms with Gasteiger partial charge in [0.15, 0.2) is 5.78 Å². The standard InChI is InChI=1S/C9H9NO3S/c1-14-6-9(11)7-2-4-8(5-3-7)10(12)13/h2-5H,6H2,1H3. The Kier molecular flexibility index (Phi) is 3.64. The van der Waals surface area contributed by atoms with Crippen LogP contribution >= 0.6 is 11.8 Å². The van der Waals surface area contributed by atoms with Gasteiger partial charge in [0, 0.05) is 17.7 Å². The molecule has 0 saturated heterocycles. The van der Waals surface area contributed by atoms with Crippen molar-refractivity contribution in [2.45, 2.75) is 0 Å². The van der Waals surface area contributed by atoms with Crippen molar-refractivity contribution in [1.82, 2.24) is 0 Å². The molecule has 1 rings (SSSR count). The second kappa shape index (κ2) is 4.76. The van der Waals surface area contributed by atoms with Gasteiger partial charge in [-0.15, -0.1) is 0 Å². The van der Waals surface area contributed by atoms with E-state index >= 15 is 0 Å². The molecule has 0 radical (unpaired) electrons. The summed E-state index contributed by atoms with van der Waals surface area (Å²) in [5, 5.41) is 10.3. The molecular formula is C9H9NO3S. The molecule has 0 atom stereocenters.